The smallest absolute Gasteiger partial charge is 0.225 e. The Kier molecular flexibility index (Phi) is 6.65. The number of likely N-dealkylation sites (N-methyl/N-ethyl adjacent to an activating group) is 1. The molecule has 0 saturated heterocycles. The van der Waals surface area contributed by atoms with Crippen LogP contribution in [0.4, 0.5) is 0 Å². The minimum atomic E-state index is -0.812. The lowest BCUT2D eigenvalue weighted by Crippen LogP contribution is -2.42. The Morgan fingerprint density at radius 1 is 1.38 bits per heavy atom. The summed E-state index contributed by atoms with van der Waals surface area (Å²) in [5.74, 6) is 0.283. The number of carbonyl (C=O) groups is 1. The Hall–Kier alpha value is -0.570. The number of rotatable bonds is 7. The van der Waals surface area contributed by atoms with Crippen LogP contribution in [0.15, 0.2) is 0 Å². The summed E-state index contributed by atoms with van der Waals surface area (Å²) >= 11 is 0. The molecule has 0 aromatic heterocycles. The van der Waals surface area contributed by atoms with Crippen LogP contribution in [0.1, 0.15) is 53.4 Å². The Morgan fingerprint density at radius 3 is 2.31 bits per heavy atom. The lowest BCUT2D eigenvalue weighted by Gasteiger charge is -2.28. The van der Waals surface area contributed by atoms with Crippen LogP contribution in [0.3, 0.4) is 0 Å². The fourth-order valence-electron chi connectivity index (χ4n) is 1.92. The number of hydrogen-bond acceptors (Lipinski definition) is 2. The number of hydrogen-bond donors (Lipinski definition) is 1. The third-order valence-corrected chi connectivity index (χ3v) is 2.75. The number of unbranched alkanes of at least 4 members (excludes halogenated alkanes) is 1. The first-order valence-electron chi connectivity index (χ1n) is 6.29. The van der Waals surface area contributed by atoms with Crippen molar-refractivity contribution in [3.8, 4) is 0 Å². The molecule has 0 radical (unpaired) electrons. The monoisotopic (exact) mass is 229 g/mol. The molecule has 0 saturated carbocycles. The SMILES string of the molecule is CCCCC(CC)C(=O)N(C)CC(C)(C)O. The maximum atomic E-state index is 12.1. The molecule has 0 aromatic carbocycles. The Bertz CT molecular complexity index is 208. The normalized spacial score (nSPS) is 13.6. The van der Waals surface area contributed by atoms with Gasteiger partial charge in [-0.2, -0.15) is 0 Å². The van der Waals surface area contributed by atoms with E-state index in [1.165, 1.54) is 0 Å². The molecule has 16 heavy (non-hydrogen) atoms. The summed E-state index contributed by atoms with van der Waals surface area (Å²) in [6.45, 7) is 8.04. The van der Waals surface area contributed by atoms with Crippen LogP contribution in [0.5, 0.6) is 0 Å². The van der Waals surface area contributed by atoms with Gasteiger partial charge in [-0.25, -0.2) is 0 Å². The van der Waals surface area contributed by atoms with Gasteiger partial charge in [0.25, 0.3) is 0 Å². The number of aliphatic hydroxyl groups is 1. The molecule has 0 bridgehead atoms. The van der Waals surface area contributed by atoms with E-state index in [0.717, 1.165) is 25.7 Å². The predicted octanol–water partition coefficient (Wildman–Crippen LogP) is 2.43. The van der Waals surface area contributed by atoms with Crippen molar-refractivity contribution >= 4 is 5.91 Å². The average Bonchev–Trinajstić information content (AvgIpc) is 2.16. The second-order valence-electron chi connectivity index (χ2n) is 5.25. The van der Waals surface area contributed by atoms with Crippen molar-refractivity contribution in [1.82, 2.24) is 4.90 Å². The second kappa shape index (κ2) is 6.89. The third kappa shape index (κ3) is 6.11. The highest BCUT2D eigenvalue weighted by Crippen LogP contribution is 2.16. The molecule has 0 spiro atoms. The van der Waals surface area contributed by atoms with Gasteiger partial charge in [-0.15, -0.1) is 0 Å². The summed E-state index contributed by atoms with van der Waals surface area (Å²) in [6, 6.07) is 0. The highest BCUT2D eigenvalue weighted by Gasteiger charge is 2.24. The summed E-state index contributed by atoms with van der Waals surface area (Å²) in [5, 5.41) is 9.67. The molecule has 0 fully saturated rings. The van der Waals surface area contributed by atoms with Crippen LogP contribution in [0.2, 0.25) is 0 Å². The standard InChI is InChI=1S/C13H27NO2/c1-6-8-9-11(7-2)12(15)14(5)10-13(3,4)16/h11,16H,6-10H2,1-5H3. The number of nitrogens with zero attached hydrogens (tertiary/aromatic N) is 1. The molecule has 0 aliphatic heterocycles. The summed E-state index contributed by atoms with van der Waals surface area (Å²) in [6.07, 6.45) is 4.07. The highest BCUT2D eigenvalue weighted by molar-refractivity contribution is 5.78. The largest absolute Gasteiger partial charge is 0.389 e. The molecule has 0 aromatic rings. The molecule has 0 heterocycles. The van der Waals surface area contributed by atoms with Gasteiger partial charge in [0.15, 0.2) is 0 Å². The summed E-state index contributed by atoms with van der Waals surface area (Å²) in [7, 11) is 1.77. The molecule has 1 amide bonds. The lowest BCUT2D eigenvalue weighted by molar-refractivity contribution is -0.137. The molecule has 1 atom stereocenters. The number of amides is 1. The van der Waals surface area contributed by atoms with E-state index in [4.69, 9.17) is 0 Å². The van der Waals surface area contributed by atoms with Gasteiger partial charge in [-0.1, -0.05) is 26.7 Å². The zero-order valence-corrected chi connectivity index (χ0v) is 11.4. The van der Waals surface area contributed by atoms with Crippen molar-refractivity contribution in [3.63, 3.8) is 0 Å². The van der Waals surface area contributed by atoms with Gasteiger partial charge >= 0.3 is 0 Å². The molecule has 1 N–H and O–H groups in total. The van der Waals surface area contributed by atoms with E-state index < -0.39 is 5.60 Å². The lowest BCUT2D eigenvalue weighted by atomic mass is 9.97. The molecule has 0 rings (SSSR count). The van der Waals surface area contributed by atoms with Crippen molar-refractivity contribution in [2.45, 2.75) is 59.0 Å². The van der Waals surface area contributed by atoms with E-state index >= 15 is 0 Å². The van der Waals surface area contributed by atoms with Crippen molar-refractivity contribution in [2.75, 3.05) is 13.6 Å². The summed E-state index contributed by atoms with van der Waals surface area (Å²) < 4.78 is 0. The maximum absolute atomic E-state index is 12.1. The molecule has 96 valence electrons. The van der Waals surface area contributed by atoms with Gasteiger partial charge in [0.2, 0.25) is 5.91 Å². The van der Waals surface area contributed by atoms with E-state index in [9.17, 15) is 9.90 Å². The van der Waals surface area contributed by atoms with Crippen molar-refractivity contribution in [2.24, 2.45) is 5.92 Å². The van der Waals surface area contributed by atoms with Crippen LogP contribution >= 0.6 is 0 Å². The first kappa shape index (κ1) is 15.4. The van der Waals surface area contributed by atoms with E-state index in [2.05, 4.69) is 13.8 Å². The van der Waals surface area contributed by atoms with Gasteiger partial charge in [0, 0.05) is 19.5 Å². The maximum Gasteiger partial charge on any atom is 0.225 e. The molecular weight excluding hydrogens is 202 g/mol. The zero-order valence-electron chi connectivity index (χ0n) is 11.4. The minimum absolute atomic E-state index is 0.118. The second-order valence-corrected chi connectivity index (χ2v) is 5.25. The van der Waals surface area contributed by atoms with E-state index in [0.29, 0.717) is 6.54 Å². The Morgan fingerprint density at radius 2 is 1.94 bits per heavy atom. The fourth-order valence-corrected chi connectivity index (χ4v) is 1.92. The van der Waals surface area contributed by atoms with E-state index in [1.807, 2.05) is 0 Å². The van der Waals surface area contributed by atoms with Crippen LogP contribution in [-0.4, -0.2) is 35.1 Å². The van der Waals surface area contributed by atoms with Gasteiger partial charge in [0.05, 0.1) is 5.60 Å². The van der Waals surface area contributed by atoms with Crippen molar-refractivity contribution in [1.29, 1.82) is 0 Å². The molecular formula is C13H27NO2. The fraction of sp³-hybridized carbons (Fsp3) is 0.923. The molecule has 1 unspecified atom stereocenters. The third-order valence-electron chi connectivity index (χ3n) is 2.75. The first-order valence-corrected chi connectivity index (χ1v) is 6.29. The zero-order chi connectivity index (χ0) is 12.8. The predicted molar refractivity (Wildman–Crippen MR) is 67.2 cm³/mol. The topological polar surface area (TPSA) is 40.5 Å². The number of carbonyl (C=O) groups excluding carboxylic acids is 1. The molecule has 3 nitrogen and oxygen atoms in total. The van der Waals surface area contributed by atoms with Crippen molar-refractivity contribution in [3.05, 3.63) is 0 Å². The van der Waals surface area contributed by atoms with Crippen LogP contribution in [-0.2, 0) is 4.79 Å². The van der Waals surface area contributed by atoms with E-state index in [1.54, 1.807) is 25.8 Å². The molecule has 3 heteroatoms. The van der Waals surface area contributed by atoms with Crippen LogP contribution in [0.25, 0.3) is 0 Å². The van der Waals surface area contributed by atoms with Crippen molar-refractivity contribution < 1.29 is 9.90 Å². The quantitative estimate of drug-likeness (QED) is 0.728. The summed E-state index contributed by atoms with van der Waals surface area (Å²) in [5.41, 5.74) is -0.812. The van der Waals surface area contributed by atoms with Gasteiger partial charge in [-0.3, -0.25) is 4.79 Å². The van der Waals surface area contributed by atoms with Gasteiger partial charge in [-0.05, 0) is 26.7 Å². The van der Waals surface area contributed by atoms with Crippen LogP contribution in [0, 0.1) is 5.92 Å². The average molecular weight is 229 g/mol. The first-order chi connectivity index (χ1) is 7.31. The van der Waals surface area contributed by atoms with Crippen LogP contribution < -0.4 is 0 Å². The molecule has 0 aliphatic carbocycles. The molecule has 0 aliphatic rings. The Labute approximate surface area is 99.8 Å². The minimum Gasteiger partial charge on any atom is -0.389 e. The van der Waals surface area contributed by atoms with E-state index in [-0.39, 0.29) is 11.8 Å². The Balaban J connectivity index is 4.27. The van der Waals surface area contributed by atoms with Gasteiger partial charge in [0.1, 0.15) is 0 Å². The van der Waals surface area contributed by atoms with Gasteiger partial charge < -0.3 is 10.0 Å². The summed E-state index contributed by atoms with van der Waals surface area (Å²) in [4.78, 5) is 13.7. The highest BCUT2D eigenvalue weighted by atomic mass is 16.3.